The monoisotopic (exact) mass is 425 g/mol. The van der Waals surface area contributed by atoms with Crippen molar-refractivity contribution >= 4 is 0 Å². The van der Waals surface area contributed by atoms with Gasteiger partial charge in [-0.2, -0.15) is 0 Å². The average Bonchev–Trinajstić information content (AvgIpc) is 2.68. The number of aliphatic hydroxyl groups is 1. The molecule has 0 bridgehead atoms. The van der Waals surface area contributed by atoms with Crippen LogP contribution in [0.4, 0.5) is 0 Å². The molecule has 29 heavy (non-hydrogen) atoms. The van der Waals surface area contributed by atoms with E-state index in [-0.39, 0.29) is 19.0 Å². The van der Waals surface area contributed by atoms with E-state index in [1.807, 2.05) is 12.1 Å². The number of hydrogen-bond donors (Lipinski definition) is 1. The molecule has 0 aliphatic carbocycles. The fourth-order valence-corrected chi connectivity index (χ4v) is 4.14. The smallest absolute Gasteiger partial charge is 0.104 e. The van der Waals surface area contributed by atoms with Crippen LogP contribution in [0.25, 0.3) is 0 Å². The first-order valence-corrected chi connectivity index (χ1v) is 12.1. The molecule has 1 N–H and O–H groups in total. The molecular weight excluding hydrogens is 378 g/mol. The van der Waals surface area contributed by atoms with Gasteiger partial charge in [-0.3, -0.25) is 0 Å². The van der Waals surface area contributed by atoms with E-state index in [4.69, 9.17) is 0 Å². The minimum Gasteiger partial charge on any atom is -1.00 e. The van der Waals surface area contributed by atoms with Crippen molar-refractivity contribution in [3.05, 3.63) is 35.4 Å². The van der Waals surface area contributed by atoms with E-state index in [2.05, 4.69) is 33.2 Å². The second-order valence-electron chi connectivity index (χ2n) is 9.34. The molecule has 1 aromatic rings. The number of nitrogens with zero attached hydrogens (tertiary/aromatic N) is 1. The zero-order valence-corrected chi connectivity index (χ0v) is 20.4. The Morgan fingerprint density at radius 3 is 1.52 bits per heavy atom. The number of hydrogen-bond acceptors (Lipinski definition) is 1. The van der Waals surface area contributed by atoms with Gasteiger partial charge in [0.1, 0.15) is 6.54 Å². The Balaban J connectivity index is 0.00000784. The van der Waals surface area contributed by atoms with Gasteiger partial charge in [0.05, 0.1) is 27.2 Å². The summed E-state index contributed by atoms with van der Waals surface area (Å²) < 4.78 is 1.01. The van der Waals surface area contributed by atoms with Crippen LogP contribution in [0.2, 0.25) is 0 Å². The van der Waals surface area contributed by atoms with Crippen molar-refractivity contribution in [2.75, 3.05) is 20.6 Å². The van der Waals surface area contributed by atoms with E-state index in [9.17, 15) is 5.11 Å². The summed E-state index contributed by atoms with van der Waals surface area (Å²) in [5.41, 5.74) is 2.37. The summed E-state index contributed by atoms with van der Waals surface area (Å²) >= 11 is 0. The molecule has 0 heterocycles. The lowest BCUT2D eigenvalue weighted by Crippen LogP contribution is -3.00. The molecule has 0 fully saturated rings. The molecule has 0 atom stereocenters. The third-order valence-electron chi connectivity index (χ3n) is 6.00. The first kappa shape index (κ1) is 28.4. The number of benzene rings is 1. The van der Waals surface area contributed by atoms with E-state index in [0.29, 0.717) is 0 Å². The van der Waals surface area contributed by atoms with Gasteiger partial charge < -0.3 is 22.0 Å². The summed E-state index contributed by atoms with van der Waals surface area (Å²) in [6.07, 6.45) is 19.8. The maximum atomic E-state index is 9.52. The van der Waals surface area contributed by atoms with Gasteiger partial charge in [0, 0.05) is 5.56 Å². The van der Waals surface area contributed by atoms with Crippen molar-refractivity contribution in [1.29, 1.82) is 0 Å². The van der Waals surface area contributed by atoms with Crippen LogP contribution in [0.5, 0.6) is 0 Å². The van der Waals surface area contributed by atoms with Gasteiger partial charge in [0.25, 0.3) is 0 Å². The maximum Gasteiger partial charge on any atom is 0.104 e. The molecule has 0 aliphatic heterocycles. The lowest BCUT2D eigenvalue weighted by molar-refractivity contribution is -0.903. The highest BCUT2D eigenvalue weighted by Crippen LogP contribution is 2.17. The van der Waals surface area contributed by atoms with Crippen LogP contribution in [0.1, 0.15) is 108 Å². The average molecular weight is 426 g/mol. The van der Waals surface area contributed by atoms with Crippen LogP contribution < -0.4 is 12.4 Å². The number of aliphatic hydroxyl groups excluding tert-OH is 1. The van der Waals surface area contributed by atoms with Crippen LogP contribution in [0.15, 0.2) is 24.3 Å². The third kappa shape index (κ3) is 15.0. The molecule has 1 rings (SSSR count). The first-order chi connectivity index (χ1) is 13.6. The first-order valence-electron chi connectivity index (χ1n) is 12.1. The number of halogens is 1. The standard InChI is InChI=1S/C26H48NO.ClH/c1-4-5-6-7-8-9-10-11-12-13-14-15-16-19-22-27(2,3)23-25-20-17-18-21-26(25)24-28;/h17-18,20-21,28H,4-16,19,22-24H2,1-3H3;1H/q+1;/p-1. The van der Waals surface area contributed by atoms with Crippen LogP contribution in [0.3, 0.4) is 0 Å². The Bertz CT molecular complexity index is 489. The van der Waals surface area contributed by atoms with Gasteiger partial charge in [-0.1, -0.05) is 108 Å². The molecule has 0 spiro atoms. The fraction of sp³-hybridized carbons (Fsp3) is 0.769. The Kier molecular flexibility index (Phi) is 17.9. The Morgan fingerprint density at radius 2 is 1.07 bits per heavy atom. The topological polar surface area (TPSA) is 20.2 Å². The molecule has 0 aromatic heterocycles. The van der Waals surface area contributed by atoms with Crippen molar-refractivity contribution < 1.29 is 22.0 Å². The minimum atomic E-state index is 0. The Labute approximate surface area is 188 Å². The molecule has 0 saturated carbocycles. The predicted molar refractivity (Wildman–Crippen MR) is 123 cm³/mol. The second kappa shape index (κ2) is 18.2. The molecule has 3 heteroatoms. The fourth-order valence-electron chi connectivity index (χ4n) is 4.14. The van der Waals surface area contributed by atoms with E-state index in [1.165, 1.54) is 102 Å². The normalized spacial score (nSPS) is 11.4. The van der Waals surface area contributed by atoms with Crippen molar-refractivity contribution in [2.45, 2.75) is 110 Å². The van der Waals surface area contributed by atoms with Gasteiger partial charge in [0.15, 0.2) is 0 Å². The van der Waals surface area contributed by atoms with Gasteiger partial charge in [-0.05, 0) is 18.4 Å². The van der Waals surface area contributed by atoms with Crippen LogP contribution >= 0.6 is 0 Å². The Morgan fingerprint density at radius 1 is 0.655 bits per heavy atom. The highest BCUT2D eigenvalue weighted by Gasteiger charge is 2.17. The Hall–Kier alpha value is -0.570. The molecule has 2 nitrogen and oxygen atoms in total. The van der Waals surface area contributed by atoms with E-state index in [1.54, 1.807) is 0 Å². The van der Waals surface area contributed by atoms with Crippen molar-refractivity contribution in [3.63, 3.8) is 0 Å². The van der Waals surface area contributed by atoms with E-state index < -0.39 is 0 Å². The van der Waals surface area contributed by atoms with Gasteiger partial charge in [-0.15, -0.1) is 0 Å². The molecule has 0 saturated heterocycles. The summed E-state index contributed by atoms with van der Waals surface area (Å²) in [5.74, 6) is 0. The van der Waals surface area contributed by atoms with Gasteiger partial charge in [-0.25, -0.2) is 0 Å². The van der Waals surface area contributed by atoms with Gasteiger partial charge in [0.2, 0.25) is 0 Å². The number of rotatable bonds is 18. The van der Waals surface area contributed by atoms with E-state index in [0.717, 1.165) is 16.6 Å². The summed E-state index contributed by atoms with van der Waals surface area (Å²) in [6.45, 7) is 4.67. The van der Waals surface area contributed by atoms with E-state index >= 15 is 0 Å². The quantitative estimate of drug-likeness (QED) is 0.275. The van der Waals surface area contributed by atoms with Gasteiger partial charge >= 0.3 is 0 Å². The third-order valence-corrected chi connectivity index (χ3v) is 6.00. The molecular formula is C26H48ClNO. The lowest BCUT2D eigenvalue weighted by Gasteiger charge is -2.30. The molecule has 0 aliphatic rings. The highest BCUT2D eigenvalue weighted by molar-refractivity contribution is 5.25. The SMILES string of the molecule is CCCCCCCCCCCCCCCC[N+](C)(C)Cc1ccccc1CO.[Cl-]. The summed E-state index contributed by atoms with van der Waals surface area (Å²) in [7, 11) is 4.63. The molecule has 0 amide bonds. The molecule has 0 radical (unpaired) electrons. The van der Waals surface area contributed by atoms with Crippen LogP contribution in [-0.4, -0.2) is 30.2 Å². The summed E-state index contributed by atoms with van der Waals surface area (Å²) in [6, 6.07) is 8.31. The van der Waals surface area contributed by atoms with Crippen molar-refractivity contribution in [2.24, 2.45) is 0 Å². The lowest BCUT2D eigenvalue weighted by atomic mass is 10.0. The summed E-state index contributed by atoms with van der Waals surface area (Å²) in [5, 5.41) is 9.52. The molecule has 1 aromatic carbocycles. The molecule has 0 unspecified atom stereocenters. The zero-order valence-electron chi connectivity index (χ0n) is 19.6. The predicted octanol–water partition coefficient (Wildman–Crippen LogP) is 4.24. The summed E-state index contributed by atoms with van der Waals surface area (Å²) in [4.78, 5) is 0. The highest BCUT2D eigenvalue weighted by atomic mass is 35.5. The minimum absolute atomic E-state index is 0. The molecule has 170 valence electrons. The number of quaternary nitrogens is 1. The van der Waals surface area contributed by atoms with Crippen LogP contribution in [0, 0.1) is 0 Å². The second-order valence-corrected chi connectivity index (χ2v) is 9.34. The largest absolute Gasteiger partial charge is 1.00 e. The maximum absolute atomic E-state index is 9.52. The number of unbranched alkanes of at least 4 members (excludes halogenated alkanes) is 13. The van der Waals surface area contributed by atoms with Crippen molar-refractivity contribution in [1.82, 2.24) is 0 Å². The van der Waals surface area contributed by atoms with Crippen molar-refractivity contribution in [3.8, 4) is 0 Å². The zero-order chi connectivity index (χ0) is 20.5. The van der Waals surface area contributed by atoms with Crippen LogP contribution in [-0.2, 0) is 13.2 Å².